The maximum absolute atomic E-state index is 14.6. The van der Waals surface area contributed by atoms with Gasteiger partial charge in [0.15, 0.2) is 11.9 Å². The quantitative estimate of drug-likeness (QED) is 0.00967. The van der Waals surface area contributed by atoms with E-state index in [4.69, 9.17) is 28.7 Å². The molecule has 0 unspecified atom stereocenters. The van der Waals surface area contributed by atoms with Crippen LogP contribution >= 0.6 is 25.3 Å². The number of nitrogens with one attached hydrogen (secondary N) is 9. The van der Waals surface area contributed by atoms with Crippen molar-refractivity contribution in [1.29, 1.82) is 0 Å². The Kier molecular flexibility index (Phi) is 24.4. The molecule has 4 rings (SSSR count). The Morgan fingerprint density at radius 3 is 1.64 bits per heavy atom. The molecule has 0 radical (unpaired) electrons. The van der Waals surface area contributed by atoms with Crippen LogP contribution in [0.1, 0.15) is 48.9 Å². The second kappa shape index (κ2) is 30.8. The number of hydrogen-bond donors (Lipinski definition) is 17. The van der Waals surface area contributed by atoms with E-state index in [0.29, 0.717) is 16.8 Å². The number of benzene rings is 2. The molecule has 0 aliphatic heterocycles. The maximum Gasteiger partial charge on any atom is 0.303 e. The van der Waals surface area contributed by atoms with E-state index in [1.54, 1.807) is 42.6 Å². The minimum absolute atomic E-state index is 0.0289. The lowest BCUT2D eigenvalue weighted by molar-refractivity contribution is -0.138. The van der Waals surface area contributed by atoms with Crippen LogP contribution in [0.4, 0.5) is 0 Å². The first-order valence-electron chi connectivity index (χ1n) is 23.8. The summed E-state index contributed by atoms with van der Waals surface area (Å²) in [6.45, 7) is -0.0594. The topological polar surface area (TPSA) is 457 Å². The van der Waals surface area contributed by atoms with Gasteiger partial charge in [-0.2, -0.15) is 25.3 Å². The molecular formula is C47H65N17O10S2. The first-order chi connectivity index (χ1) is 36.3. The molecule has 0 bridgehead atoms. The van der Waals surface area contributed by atoms with Gasteiger partial charge in [0.25, 0.3) is 0 Å². The van der Waals surface area contributed by atoms with Gasteiger partial charge in [-0.1, -0.05) is 48.5 Å². The molecule has 0 saturated carbocycles. The fourth-order valence-corrected chi connectivity index (χ4v) is 8.04. The van der Waals surface area contributed by atoms with Crippen molar-refractivity contribution in [2.24, 2.45) is 38.7 Å². The van der Waals surface area contributed by atoms with Gasteiger partial charge >= 0.3 is 5.97 Å². The average molecular weight is 1090 g/mol. The molecule has 0 aliphatic carbocycles. The highest BCUT2D eigenvalue weighted by molar-refractivity contribution is 7.80. The number of nitrogens with two attached hydrogens (primary N) is 5. The van der Waals surface area contributed by atoms with Gasteiger partial charge in [0.1, 0.15) is 42.3 Å². The highest BCUT2D eigenvalue weighted by Crippen LogP contribution is 2.20. The van der Waals surface area contributed by atoms with Gasteiger partial charge in [-0.25, -0.2) is 4.98 Å². The summed E-state index contributed by atoms with van der Waals surface area (Å²) >= 11 is 8.29. The number of aromatic nitrogens is 3. The summed E-state index contributed by atoms with van der Waals surface area (Å²) in [6, 6.07) is 5.93. The molecule has 2 heterocycles. The molecule has 7 atom stereocenters. The number of guanidine groups is 2. The maximum atomic E-state index is 14.6. The third kappa shape index (κ3) is 20.2. The Hall–Kier alpha value is -8.34. The van der Waals surface area contributed by atoms with Crippen LogP contribution in [0.5, 0.6) is 0 Å². The zero-order valence-electron chi connectivity index (χ0n) is 41.2. The smallest absolute Gasteiger partial charge is 0.303 e. The number of amides is 8. The summed E-state index contributed by atoms with van der Waals surface area (Å²) in [5.41, 5.74) is 29.5. The van der Waals surface area contributed by atoms with Crippen LogP contribution in [0.25, 0.3) is 10.9 Å². The number of carboxylic acid groups (broad SMARTS) is 1. The molecule has 0 fully saturated rings. The summed E-state index contributed by atoms with van der Waals surface area (Å²) in [5.74, 6) is -9.02. The number of primary amides is 1. The molecule has 0 spiro atoms. The molecule has 20 N–H and O–H groups in total. The van der Waals surface area contributed by atoms with E-state index in [1.165, 1.54) is 12.5 Å². The second-order valence-corrected chi connectivity index (χ2v) is 18.0. The van der Waals surface area contributed by atoms with Crippen LogP contribution in [0, 0.1) is 0 Å². The van der Waals surface area contributed by atoms with Crippen LogP contribution in [0.2, 0.25) is 0 Å². The van der Waals surface area contributed by atoms with Crippen molar-refractivity contribution in [1.82, 2.24) is 52.2 Å². The lowest BCUT2D eigenvalue weighted by Crippen LogP contribution is -2.61. The Morgan fingerprint density at radius 1 is 0.566 bits per heavy atom. The number of hydrogen-bond acceptors (Lipinski definition) is 14. The molecule has 76 heavy (non-hydrogen) atoms. The van der Waals surface area contributed by atoms with Gasteiger partial charge in [0, 0.05) is 79.1 Å². The van der Waals surface area contributed by atoms with Gasteiger partial charge in [0.05, 0.1) is 12.9 Å². The lowest BCUT2D eigenvalue weighted by Gasteiger charge is -2.28. The number of aromatic amines is 2. The number of carbonyl (C=O) groups is 9. The van der Waals surface area contributed by atoms with Crippen molar-refractivity contribution in [2.75, 3.05) is 24.6 Å². The number of rotatable bonds is 32. The van der Waals surface area contributed by atoms with E-state index in [1.807, 2.05) is 18.2 Å². The van der Waals surface area contributed by atoms with Crippen LogP contribution in [-0.4, -0.2) is 152 Å². The van der Waals surface area contributed by atoms with Crippen molar-refractivity contribution in [3.63, 3.8) is 0 Å². The molecule has 2 aromatic heterocycles. The summed E-state index contributed by atoms with van der Waals surface area (Å²) in [7, 11) is 0. The van der Waals surface area contributed by atoms with Crippen LogP contribution in [0.15, 0.2) is 83.3 Å². The third-order valence-corrected chi connectivity index (χ3v) is 12.2. The zero-order chi connectivity index (χ0) is 55.7. The standard InChI is InChI=1S/C47H65N17O10S2/c48-39(68)35(22-75)64-43(72)33(18-26-20-56-29-10-5-4-9-28(26)29)62-40(69)30(11-6-15-54-46(49)50)59-42(71)32(17-25-7-2-1-3-8-25)61-44(73)34(19-27-21-53-24-57-27)63-41(70)31(12-13-38(66)67)60-45(74)36(23-76)58-37(65)14-16-55-47(51)52/h1-5,7-10,20-21,24,30-36,56,75-76H,6,11-19,22-23H2,(H2,48,68)(H,53,57)(H,58,65)(H,59,71)(H,60,74)(H,61,73)(H,62,69)(H,63,70)(H,64,72)(H,66,67)(H4,49,50,54)(H4,51,52,55)/t30-,31-,32+,33-,34-,35-,36-/m0/s1. The molecular weight excluding hydrogens is 1030 g/mol. The van der Waals surface area contributed by atoms with E-state index < -0.39 is 108 Å². The van der Waals surface area contributed by atoms with Crippen molar-refractivity contribution in [2.45, 2.75) is 93.7 Å². The van der Waals surface area contributed by atoms with Crippen molar-refractivity contribution in [3.8, 4) is 0 Å². The number of carboxylic acids is 1. The molecule has 8 amide bonds. The van der Waals surface area contributed by atoms with Gasteiger partial charge < -0.3 is 81.0 Å². The molecule has 410 valence electrons. The molecule has 29 heteroatoms. The average Bonchev–Trinajstić information content (AvgIpc) is 4.06. The number of carbonyl (C=O) groups excluding carboxylic acids is 8. The van der Waals surface area contributed by atoms with E-state index in [0.717, 1.165) is 10.9 Å². The van der Waals surface area contributed by atoms with Gasteiger partial charge in [-0.3, -0.25) is 53.1 Å². The van der Waals surface area contributed by atoms with Crippen molar-refractivity contribution >= 4 is 101 Å². The first kappa shape index (κ1) is 60.2. The Bertz CT molecular complexity index is 2680. The minimum Gasteiger partial charge on any atom is -0.481 e. The Labute approximate surface area is 447 Å². The summed E-state index contributed by atoms with van der Waals surface area (Å²) in [5, 5.41) is 28.4. The van der Waals surface area contributed by atoms with E-state index >= 15 is 0 Å². The number of thiol groups is 2. The van der Waals surface area contributed by atoms with Gasteiger partial charge in [-0.15, -0.1) is 0 Å². The summed E-state index contributed by atoms with van der Waals surface area (Å²) < 4.78 is 0. The number of H-pyrrole nitrogens is 2. The highest BCUT2D eigenvalue weighted by Gasteiger charge is 2.35. The number of aliphatic imine (C=N–C) groups is 2. The summed E-state index contributed by atoms with van der Waals surface area (Å²) in [4.78, 5) is 139. The Morgan fingerprint density at radius 2 is 1.08 bits per heavy atom. The predicted octanol–water partition coefficient (Wildman–Crippen LogP) is -3.76. The highest BCUT2D eigenvalue weighted by atomic mass is 32.1. The SMILES string of the molecule is NC(=O)[C@H](CS)NC(=O)[C@H](Cc1c[nH]c2ccccc12)NC(=O)[C@H](CCCN=C(N)N)NC(=O)[C@@H](Cc1ccccc1)NC(=O)[C@H](Cc1cnc[nH]1)NC(=O)[C@H](CCC(=O)O)NC(=O)[C@H](CS)NC(=O)CCN=C(N)N. The normalized spacial score (nSPS) is 13.7. The van der Waals surface area contributed by atoms with E-state index in [9.17, 15) is 48.3 Å². The number of aliphatic carboxylic acids is 1. The number of imidazole rings is 1. The fourth-order valence-electron chi connectivity index (χ4n) is 7.51. The number of nitrogens with zero attached hydrogens (tertiary/aromatic N) is 3. The molecule has 0 aliphatic rings. The minimum atomic E-state index is -1.58. The molecule has 0 saturated heterocycles. The van der Waals surface area contributed by atoms with Crippen LogP contribution < -0.4 is 65.9 Å². The first-order valence-corrected chi connectivity index (χ1v) is 25.1. The molecule has 27 nitrogen and oxygen atoms in total. The lowest BCUT2D eigenvalue weighted by atomic mass is 10.0. The van der Waals surface area contributed by atoms with Crippen LogP contribution in [0.3, 0.4) is 0 Å². The van der Waals surface area contributed by atoms with E-state index in [-0.39, 0.29) is 75.0 Å². The Balaban J connectivity index is 1.65. The summed E-state index contributed by atoms with van der Waals surface area (Å²) in [6.07, 6.45) is 2.63. The molecule has 2 aromatic carbocycles. The number of para-hydroxylation sites is 1. The predicted molar refractivity (Wildman–Crippen MR) is 287 cm³/mol. The number of fused-ring (bicyclic) bond motifs is 1. The van der Waals surface area contributed by atoms with Crippen LogP contribution in [-0.2, 0) is 62.4 Å². The van der Waals surface area contributed by atoms with Gasteiger partial charge in [0.2, 0.25) is 47.3 Å². The second-order valence-electron chi connectivity index (χ2n) is 17.2. The van der Waals surface area contributed by atoms with Crippen molar-refractivity contribution in [3.05, 3.63) is 90.1 Å². The monoisotopic (exact) mass is 1090 g/mol. The largest absolute Gasteiger partial charge is 0.481 e. The van der Waals surface area contributed by atoms with Crippen molar-refractivity contribution < 1.29 is 48.3 Å². The fraction of sp³-hybridized carbons (Fsp3) is 0.404. The van der Waals surface area contributed by atoms with Gasteiger partial charge in [-0.05, 0) is 36.5 Å². The molecule has 4 aromatic rings. The zero-order valence-corrected chi connectivity index (χ0v) is 43.0. The van der Waals surface area contributed by atoms with E-state index in [2.05, 4.69) is 87.4 Å². The third-order valence-electron chi connectivity index (χ3n) is 11.4.